The van der Waals surface area contributed by atoms with Crippen LogP contribution in [-0.4, -0.2) is 56.7 Å². The van der Waals surface area contributed by atoms with Crippen molar-refractivity contribution < 1.29 is 23.4 Å². The number of carbonyl (C=O) groups excluding carboxylic acids is 1. The molecule has 3 aromatic carbocycles. The quantitative estimate of drug-likeness (QED) is 0.168. The average Bonchev–Trinajstić information content (AvgIpc) is 3.67. The molecule has 2 aliphatic heterocycles. The molecular weight excluding hydrogens is 563 g/mol. The summed E-state index contributed by atoms with van der Waals surface area (Å²) in [7, 11) is 1.88. The molecule has 2 atom stereocenters. The lowest BCUT2D eigenvalue weighted by molar-refractivity contribution is -0.109. The topological polar surface area (TPSA) is 60.0 Å². The van der Waals surface area contributed by atoms with E-state index in [4.69, 9.17) is 14.2 Å². The minimum absolute atomic E-state index is 0.132. The van der Waals surface area contributed by atoms with Crippen LogP contribution in [-0.2, 0) is 17.6 Å². The molecule has 0 unspecified atom stereocenters. The van der Waals surface area contributed by atoms with Gasteiger partial charge in [-0.3, -0.25) is 4.90 Å². The molecule has 0 aliphatic carbocycles. The highest BCUT2D eigenvalue weighted by Crippen LogP contribution is 2.44. The van der Waals surface area contributed by atoms with Crippen LogP contribution in [0.2, 0.25) is 0 Å². The molecule has 8 heteroatoms. The standard InChI is InChI=1S/C24H29NO4S.C11H16FN/c1-17-12-19(14-23-24(17)29-16-28-23)20-13-22(25(15-20)8-9-26)18-4-6-21(7-5-18)27-10-3-11-30-2;1-4-8-6-10(12)7-9(5-2)11(8)13-3/h4-7,9,12,14,20,22H,3,8,10-11,13,15-16H2,1-2H3;6-7,13H,4-5H2,1-3H3/t20-,22-;/m1./s1. The molecule has 232 valence electrons. The first-order valence-electron chi connectivity index (χ1n) is 15.2. The van der Waals surface area contributed by atoms with Gasteiger partial charge in [-0.1, -0.05) is 32.0 Å². The molecule has 5 rings (SSSR count). The maximum absolute atomic E-state index is 13.1. The molecule has 2 heterocycles. The molecule has 0 saturated carbocycles. The first-order chi connectivity index (χ1) is 20.9. The monoisotopic (exact) mass is 608 g/mol. The summed E-state index contributed by atoms with van der Waals surface area (Å²) in [6.45, 7) is 8.46. The summed E-state index contributed by atoms with van der Waals surface area (Å²) >= 11 is 1.84. The second-order valence-corrected chi connectivity index (χ2v) is 11.9. The zero-order chi connectivity index (χ0) is 30.8. The Morgan fingerprint density at radius 2 is 1.79 bits per heavy atom. The van der Waals surface area contributed by atoms with Crippen LogP contribution < -0.4 is 19.5 Å². The number of ether oxygens (including phenoxy) is 3. The number of anilines is 1. The highest BCUT2D eigenvalue weighted by molar-refractivity contribution is 7.98. The van der Waals surface area contributed by atoms with E-state index in [2.05, 4.69) is 47.7 Å². The third kappa shape index (κ3) is 8.24. The number of hydrogen-bond donors (Lipinski definition) is 1. The fourth-order valence-electron chi connectivity index (χ4n) is 6.02. The maximum Gasteiger partial charge on any atom is 0.231 e. The van der Waals surface area contributed by atoms with E-state index in [1.807, 2.05) is 44.8 Å². The molecule has 43 heavy (non-hydrogen) atoms. The van der Waals surface area contributed by atoms with Crippen LogP contribution in [0.25, 0.3) is 0 Å². The van der Waals surface area contributed by atoms with E-state index in [-0.39, 0.29) is 18.7 Å². The van der Waals surface area contributed by atoms with E-state index in [1.54, 1.807) is 12.1 Å². The first-order valence-corrected chi connectivity index (χ1v) is 16.6. The summed E-state index contributed by atoms with van der Waals surface area (Å²) in [5.74, 6) is 3.92. The Kier molecular flexibility index (Phi) is 12.2. The third-order valence-electron chi connectivity index (χ3n) is 8.17. The molecule has 1 fully saturated rings. The Bertz CT molecular complexity index is 1330. The largest absolute Gasteiger partial charge is 0.494 e. The number of rotatable bonds is 12. The predicted molar refractivity (Wildman–Crippen MR) is 175 cm³/mol. The van der Waals surface area contributed by atoms with Crippen molar-refractivity contribution in [2.45, 2.75) is 58.4 Å². The molecule has 0 amide bonds. The average molecular weight is 609 g/mol. The highest BCUT2D eigenvalue weighted by Gasteiger charge is 2.34. The lowest BCUT2D eigenvalue weighted by atomic mass is 9.92. The van der Waals surface area contributed by atoms with Crippen LogP contribution >= 0.6 is 11.8 Å². The molecule has 1 N–H and O–H groups in total. The molecular formula is C35H45FN2O4S. The summed E-state index contributed by atoms with van der Waals surface area (Å²) in [4.78, 5) is 13.6. The van der Waals surface area contributed by atoms with Crippen LogP contribution in [0, 0.1) is 12.7 Å². The fraction of sp³-hybridized carbons (Fsp3) is 0.457. The molecule has 3 aromatic rings. The van der Waals surface area contributed by atoms with Crippen molar-refractivity contribution in [2.75, 3.05) is 50.9 Å². The van der Waals surface area contributed by atoms with Gasteiger partial charge in [0.1, 0.15) is 17.9 Å². The maximum atomic E-state index is 13.1. The number of nitrogens with zero attached hydrogens (tertiary/aromatic N) is 1. The van der Waals surface area contributed by atoms with Gasteiger partial charge in [-0.2, -0.15) is 11.8 Å². The summed E-state index contributed by atoms with van der Waals surface area (Å²) < 4.78 is 30.1. The van der Waals surface area contributed by atoms with Crippen LogP contribution in [0.1, 0.15) is 66.5 Å². The third-order valence-corrected chi connectivity index (χ3v) is 8.87. The predicted octanol–water partition coefficient (Wildman–Crippen LogP) is 7.58. The molecule has 1 saturated heterocycles. The Morgan fingerprint density at radius 1 is 1.07 bits per heavy atom. The van der Waals surface area contributed by atoms with Gasteiger partial charge < -0.3 is 24.3 Å². The van der Waals surface area contributed by atoms with Gasteiger partial charge in [-0.25, -0.2) is 4.39 Å². The van der Waals surface area contributed by atoms with Gasteiger partial charge >= 0.3 is 0 Å². The van der Waals surface area contributed by atoms with Gasteiger partial charge in [0.15, 0.2) is 11.5 Å². The number of nitrogens with one attached hydrogen (secondary N) is 1. The molecule has 2 aliphatic rings. The normalized spacial score (nSPS) is 17.3. The van der Waals surface area contributed by atoms with E-state index in [0.29, 0.717) is 12.5 Å². The van der Waals surface area contributed by atoms with Crippen molar-refractivity contribution in [3.8, 4) is 17.2 Å². The zero-order valence-electron chi connectivity index (χ0n) is 26.1. The van der Waals surface area contributed by atoms with E-state index >= 15 is 0 Å². The minimum Gasteiger partial charge on any atom is -0.494 e. The Labute approximate surface area is 260 Å². The molecule has 0 spiro atoms. The number of likely N-dealkylation sites (tertiary alicyclic amines) is 1. The number of hydrogen-bond acceptors (Lipinski definition) is 7. The molecule has 0 aromatic heterocycles. The first kappa shape index (κ1) is 32.7. The lowest BCUT2D eigenvalue weighted by Crippen LogP contribution is -2.25. The van der Waals surface area contributed by atoms with Gasteiger partial charge in [0.2, 0.25) is 6.79 Å². The molecule has 0 bridgehead atoms. The van der Waals surface area contributed by atoms with Gasteiger partial charge in [-0.15, -0.1) is 0 Å². The number of fused-ring (bicyclic) bond motifs is 1. The van der Waals surface area contributed by atoms with Crippen LogP contribution in [0.5, 0.6) is 17.2 Å². The number of halogens is 1. The Hall–Kier alpha value is -3.23. The minimum atomic E-state index is -0.132. The van der Waals surface area contributed by atoms with Gasteiger partial charge in [0, 0.05) is 25.3 Å². The number of aldehydes is 1. The van der Waals surface area contributed by atoms with Gasteiger partial charge in [-0.05, 0) is 109 Å². The number of benzene rings is 3. The van der Waals surface area contributed by atoms with Gasteiger partial charge in [0.05, 0.1) is 13.2 Å². The Morgan fingerprint density at radius 3 is 2.42 bits per heavy atom. The van der Waals surface area contributed by atoms with Crippen molar-refractivity contribution in [3.05, 3.63) is 82.2 Å². The second-order valence-electron chi connectivity index (χ2n) is 11.0. The van der Waals surface area contributed by atoms with E-state index in [1.165, 1.54) is 11.1 Å². The number of thioether (sulfide) groups is 1. The highest BCUT2D eigenvalue weighted by atomic mass is 32.2. The van der Waals surface area contributed by atoms with E-state index < -0.39 is 0 Å². The van der Waals surface area contributed by atoms with Crippen molar-refractivity contribution in [1.82, 2.24) is 4.90 Å². The van der Waals surface area contributed by atoms with Crippen LogP contribution in [0.3, 0.4) is 0 Å². The van der Waals surface area contributed by atoms with Crippen LogP contribution in [0.4, 0.5) is 10.1 Å². The van der Waals surface area contributed by atoms with Gasteiger partial charge in [0.25, 0.3) is 0 Å². The van der Waals surface area contributed by atoms with Crippen molar-refractivity contribution >= 4 is 23.7 Å². The summed E-state index contributed by atoms with van der Waals surface area (Å²) in [6, 6.07) is 16.1. The fourth-order valence-corrected chi connectivity index (χ4v) is 6.43. The lowest BCUT2D eigenvalue weighted by Gasteiger charge is -2.22. The van der Waals surface area contributed by atoms with Crippen molar-refractivity contribution in [3.63, 3.8) is 0 Å². The number of carbonyl (C=O) groups is 1. The zero-order valence-corrected chi connectivity index (χ0v) is 26.9. The molecule has 0 radical (unpaired) electrons. The second kappa shape index (κ2) is 16.0. The summed E-state index contributed by atoms with van der Waals surface area (Å²) in [6.07, 6.45) is 6.86. The van der Waals surface area contributed by atoms with Crippen LogP contribution in [0.15, 0.2) is 48.5 Å². The Balaban J connectivity index is 0.000000273. The number of aryl methyl sites for hydroxylation is 3. The summed E-state index contributed by atoms with van der Waals surface area (Å²) in [5.41, 5.74) is 6.79. The molecule has 6 nitrogen and oxygen atoms in total. The summed E-state index contributed by atoms with van der Waals surface area (Å²) in [5, 5.41) is 3.13. The van der Waals surface area contributed by atoms with E-state index in [9.17, 15) is 9.18 Å². The SMILES string of the molecule is CCc1cc(F)cc(CC)c1NC.CSCCCOc1ccc([C@H]2C[C@@H](c3cc(C)c4c(c3)OCO4)CN2CC=O)cc1. The van der Waals surface area contributed by atoms with E-state index in [0.717, 1.165) is 90.5 Å². The van der Waals surface area contributed by atoms with Crippen molar-refractivity contribution in [1.29, 1.82) is 0 Å². The smallest absolute Gasteiger partial charge is 0.231 e. The van der Waals surface area contributed by atoms with Crippen molar-refractivity contribution in [2.24, 2.45) is 0 Å².